The zero-order valence-corrected chi connectivity index (χ0v) is 7.27. The third kappa shape index (κ3) is 1.23. The molecule has 0 aliphatic rings. The lowest BCUT2D eigenvalue weighted by atomic mass is 10.2. The van der Waals surface area contributed by atoms with Gasteiger partial charge in [-0.05, 0) is 18.2 Å². The molecule has 2 aromatic rings. The Hall–Kier alpha value is -1.62. The average molecular weight is 193 g/mol. The molecule has 0 aliphatic heterocycles. The number of aromatic nitrogens is 1. The molecule has 2 rings (SSSR count). The van der Waals surface area contributed by atoms with Gasteiger partial charge >= 0.3 is 4.87 Å². The van der Waals surface area contributed by atoms with E-state index in [9.17, 15) is 9.59 Å². The Balaban J connectivity index is 2.90. The van der Waals surface area contributed by atoms with Gasteiger partial charge < -0.3 is 10.7 Å². The topological polar surface area (TPSA) is 76.0 Å². The van der Waals surface area contributed by atoms with Crippen LogP contribution in [0.3, 0.4) is 0 Å². The van der Waals surface area contributed by atoms with Gasteiger partial charge in [-0.2, -0.15) is 0 Å². The van der Waals surface area contributed by atoms with Gasteiger partial charge in [0.1, 0.15) is 0 Å². The van der Waals surface area contributed by atoms with Gasteiger partial charge in [-0.3, -0.25) is 9.59 Å². The third-order valence-corrected chi connectivity index (χ3v) is 2.48. The van der Waals surface area contributed by atoms with Crippen LogP contribution in [0.5, 0.6) is 0 Å². The van der Waals surface area contributed by atoms with Crippen LogP contribution in [0.4, 0.5) is 0 Å². The number of carbonyl (C=O) groups is 1. The van der Waals surface area contributed by atoms with E-state index in [2.05, 4.69) is 11.1 Å². The van der Waals surface area contributed by atoms with Crippen molar-refractivity contribution >= 4 is 27.5 Å². The molecule has 13 heavy (non-hydrogen) atoms. The van der Waals surface area contributed by atoms with E-state index < -0.39 is 5.91 Å². The number of carbonyl (C=O) groups excluding carboxylic acids is 1. The minimum absolute atomic E-state index is 0.197. The zero-order chi connectivity index (χ0) is 9.42. The molecule has 1 radical (unpaired) electrons. The second kappa shape index (κ2) is 2.70. The molecule has 0 unspecified atom stereocenters. The molecular weight excluding hydrogens is 188 g/mol. The number of primary amides is 1. The monoisotopic (exact) mass is 193 g/mol. The number of amides is 1. The molecule has 1 amide bonds. The first kappa shape index (κ1) is 8.00. The summed E-state index contributed by atoms with van der Waals surface area (Å²) in [6.07, 6.45) is 0. The van der Waals surface area contributed by atoms with Gasteiger partial charge in [0, 0.05) is 0 Å². The van der Waals surface area contributed by atoms with Crippen LogP contribution in [0.2, 0.25) is 0 Å². The maximum Gasteiger partial charge on any atom is 0.305 e. The van der Waals surface area contributed by atoms with Crippen molar-refractivity contribution < 1.29 is 4.79 Å². The summed E-state index contributed by atoms with van der Waals surface area (Å²) in [4.78, 5) is 24.2. The molecule has 1 aromatic heterocycles. The first-order valence-corrected chi connectivity index (χ1v) is 4.33. The summed E-state index contributed by atoms with van der Waals surface area (Å²) in [7, 11) is 0. The second-order valence-electron chi connectivity index (χ2n) is 2.49. The number of fused-ring (bicyclic) bond motifs is 1. The number of benzene rings is 1. The summed E-state index contributed by atoms with van der Waals surface area (Å²) in [6, 6.07) is 5.86. The highest BCUT2D eigenvalue weighted by Gasteiger charge is 2.08. The summed E-state index contributed by atoms with van der Waals surface area (Å²) in [6.45, 7) is 0. The van der Waals surface area contributed by atoms with Crippen molar-refractivity contribution in [2.45, 2.75) is 0 Å². The van der Waals surface area contributed by atoms with Gasteiger partial charge in [0.2, 0.25) is 0 Å². The maximum absolute atomic E-state index is 11.0. The van der Waals surface area contributed by atoms with Crippen LogP contribution in [-0.4, -0.2) is 10.9 Å². The summed E-state index contributed by atoms with van der Waals surface area (Å²) >= 11 is 1.03. The molecule has 0 saturated heterocycles. The molecule has 0 aliphatic carbocycles. The van der Waals surface area contributed by atoms with Crippen LogP contribution in [0.1, 0.15) is 10.4 Å². The predicted molar refractivity (Wildman–Crippen MR) is 49.8 cm³/mol. The molecule has 4 nitrogen and oxygen atoms in total. The Morgan fingerprint density at radius 2 is 2.31 bits per heavy atom. The van der Waals surface area contributed by atoms with Crippen LogP contribution in [-0.2, 0) is 0 Å². The normalized spacial score (nSPS) is 10.5. The number of hydrogen-bond donors (Lipinski definition) is 2. The Labute approximate surface area is 77.0 Å². The van der Waals surface area contributed by atoms with Gasteiger partial charge in [-0.25, -0.2) is 0 Å². The molecule has 5 heteroatoms. The fourth-order valence-electron chi connectivity index (χ4n) is 1.11. The van der Waals surface area contributed by atoms with E-state index in [-0.39, 0.29) is 4.87 Å². The van der Waals surface area contributed by atoms with Crippen LogP contribution in [0, 0.1) is 6.07 Å². The molecule has 0 fully saturated rings. The van der Waals surface area contributed by atoms with Crippen LogP contribution in [0.15, 0.2) is 16.9 Å². The van der Waals surface area contributed by atoms with Crippen molar-refractivity contribution in [1.29, 1.82) is 0 Å². The number of hydrogen-bond acceptors (Lipinski definition) is 3. The summed E-state index contributed by atoms with van der Waals surface area (Å²) < 4.78 is 0.696. The van der Waals surface area contributed by atoms with Gasteiger partial charge in [-0.15, -0.1) is 0 Å². The van der Waals surface area contributed by atoms with E-state index in [1.54, 1.807) is 6.07 Å². The maximum atomic E-state index is 11.0. The van der Waals surface area contributed by atoms with Crippen molar-refractivity contribution in [3.63, 3.8) is 0 Å². The van der Waals surface area contributed by atoms with E-state index in [0.717, 1.165) is 11.3 Å². The molecule has 0 bridgehead atoms. The average Bonchev–Trinajstić information content (AvgIpc) is 2.43. The largest absolute Gasteiger partial charge is 0.366 e. The van der Waals surface area contributed by atoms with E-state index >= 15 is 0 Å². The molecular formula is C8H5N2O2S. The lowest BCUT2D eigenvalue weighted by Gasteiger charge is -1.94. The van der Waals surface area contributed by atoms with Crippen molar-refractivity contribution in [2.75, 3.05) is 0 Å². The number of rotatable bonds is 1. The Bertz CT molecular complexity index is 526. The van der Waals surface area contributed by atoms with Crippen LogP contribution in [0.25, 0.3) is 10.2 Å². The lowest BCUT2D eigenvalue weighted by Crippen LogP contribution is -2.11. The first-order valence-electron chi connectivity index (χ1n) is 3.51. The molecule has 3 N–H and O–H groups in total. The fourth-order valence-corrected chi connectivity index (χ4v) is 1.85. The second-order valence-corrected chi connectivity index (χ2v) is 3.50. The number of thiazole rings is 1. The van der Waals surface area contributed by atoms with E-state index in [1.807, 2.05) is 0 Å². The van der Waals surface area contributed by atoms with E-state index in [1.165, 1.54) is 6.07 Å². The molecule has 0 atom stereocenters. The SMILES string of the molecule is NC(=O)c1c[c]cc2sc(=O)[nH]c12. The summed E-state index contributed by atoms with van der Waals surface area (Å²) in [5.74, 6) is -0.559. The van der Waals surface area contributed by atoms with Gasteiger partial charge in [-0.1, -0.05) is 11.3 Å². The molecule has 1 heterocycles. The molecule has 0 spiro atoms. The standard InChI is InChI=1S/C8H5N2O2S/c9-7(11)4-2-1-3-5-6(4)10-8(12)13-5/h2-3H,(H2,9,11)(H,10,12). The molecule has 0 saturated carbocycles. The molecule has 65 valence electrons. The zero-order valence-electron chi connectivity index (χ0n) is 6.46. The minimum Gasteiger partial charge on any atom is -0.366 e. The quantitative estimate of drug-likeness (QED) is 0.691. The van der Waals surface area contributed by atoms with Gasteiger partial charge in [0.15, 0.2) is 0 Å². The third-order valence-electron chi connectivity index (χ3n) is 1.65. The van der Waals surface area contributed by atoms with Gasteiger partial charge in [0.05, 0.1) is 15.8 Å². The predicted octanol–water partition coefficient (Wildman–Crippen LogP) is 0.489. The first-order chi connectivity index (χ1) is 6.18. The van der Waals surface area contributed by atoms with Crippen molar-refractivity contribution in [3.8, 4) is 0 Å². The highest BCUT2D eigenvalue weighted by Crippen LogP contribution is 2.17. The van der Waals surface area contributed by atoms with E-state index in [0.29, 0.717) is 15.8 Å². The minimum atomic E-state index is -0.559. The summed E-state index contributed by atoms with van der Waals surface area (Å²) in [5.41, 5.74) is 5.92. The van der Waals surface area contributed by atoms with Crippen LogP contribution < -0.4 is 10.6 Å². The fraction of sp³-hybridized carbons (Fsp3) is 0. The number of nitrogens with one attached hydrogen (secondary N) is 1. The van der Waals surface area contributed by atoms with Crippen LogP contribution >= 0.6 is 11.3 Å². The Kier molecular flexibility index (Phi) is 1.66. The summed E-state index contributed by atoms with van der Waals surface area (Å²) in [5, 5.41) is 0. The number of nitrogens with two attached hydrogens (primary N) is 1. The van der Waals surface area contributed by atoms with Gasteiger partial charge in [0.25, 0.3) is 5.91 Å². The molecule has 1 aromatic carbocycles. The van der Waals surface area contributed by atoms with Crippen molar-refractivity contribution in [2.24, 2.45) is 5.73 Å². The van der Waals surface area contributed by atoms with E-state index in [4.69, 9.17) is 5.73 Å². The smallest absolute Gasteiger partial charge is 0.305 e. The highest BCUT2D eigenvalue weighted by molar-refractivity contribution is 7.16. The number of aromatic amines is 1. The van der Waals surface area contributed by atoms with Crippen molar-refractivity contribution in [3.05, 3.63) is 33.4 Å². The lowest BCUT2D eigenvalue weighted by molar-refractivity contribution is 0.100. The van der Waals surface area contributed by atoms with Crippen molar-refractivity contribution in [1.82, 2.24) is 4.98 Å². The highest BCUT2D eigenvalue weighted by atomic mass is 32.1. The number of H-pyrrole nitrogens is 1. The Morgan fingerprint density at radius 1 is 1.54 bits per heavy atom. The Morgan fingerprint density at radius 3 is 3.00 bits per heavy atom.